The fourth-order valence-corrected chi connectivity index (χ4v) is 4.40. The van der Waals surface area contributed by atoms with Crippen molar-refractivity contribution in [1.82, 2.24) is 4.98 Å². The van der Waals surface area contributed by atoms with Crippen molar-refractivity contribution in [3.8, 4) is 11.1 Å². The van der Waals surface area contributed by atoms with Gasteiger partial charge >= 0.3 is 5.97 Å². The van der Waals surface area contributed by atoms with Crippen LogP contribution in [0.5, 0.6) is 0 Å². The minimum atomic E-state index is -1.34. The number of aromatic carboxylic acids is 1. The summed E-state index contributed by atoms with van der Waals surface area (Å²) in [5.41, 5.74) is 3.25. The van der Waals surface area contributed by atoms with Gasteiger partial charge in [-0.15, -0.1) is 0 Å². The van der Waals surface area contributed by atoms with Gasteiger partial charge in [0.25, 0.3) is 0 Å². The monoisotopic (exact) mass is 506 g/mol. The summed E-state index contributed by atoms with van der Waals surface area (Å²) in [6, 6.07) is 18.1. The van der Waals surface area contributed by atoms with E-state index in [4.69, 9.17) is 16.7 Å². The van der Waals surface area contributed by atoms with Crippen molar-refractivity contribution >= 4 is 17.6 Å². The molecule has 3 aromatic carbocycles. The summed E-state index contributed by atoms with van der Waals surface area (Å²) in [6.07, 6.45) is 1.80. The largest absolute Gasteiger partial charge is 0.478 e. The first-order valence-corrected chi connectivity index (χ1v) is 11.5. The first kappa shape index (κ1) is 25.1. The van der Waals surface area contributed by atoms with E-state index in [1.54, 1.807) is 54.7 Å². The SMILES string of the molecule is Cc1cc(C(CC(c2ccc(-c3ccc(C(=O)O)c(F)c3)cc2)c2ccc(Cl)cc2F)N=O)ccn1. The van der Waals surface area contributed by atoms with Crippen LogP contribution >= 0.6 is 11.6 Å². The van der Waals surface area contributed by atoms with E-state index in [-0.39, 0.29) is 11.4 Å². The van der Waals surface area contributed by atoms with E-state index in [0.717, 1.165) is 17.3 Å². The number of nitrogens with zero attached hydrogens (tertiary/aromatic N) is 2. The van der Waals surface area contributed by atoms with Crippen LogP contribution in [0.2, 0.25) is 5.02 Å². The van der Waals surface area contributed by atoms with E-state index in [9.17, 15) is 14.1 Å². The zero-order valence-electron chi connectivity index (χ0n) is 19.2. The minimum absolute atomic E-state index is 0.201. The van der Waals surface area contributed by atoms with Crippen LogP contribution in [0.1, 0.15) is 51.1 Å². The molecule has 0 aliphatic rings. The number of hydrogen-bond donors (Lipinski definition) is 1. The summed E-state index contributed by atoms with van der Waals surface area (Å²) >= 11 is 5.96. The second-order valence-corrected chi connectivity index (χ2v) is 8.86. The van der Waals surface area contributed by atoms with Crippen molar-refractivity contribution in [2.45, 2.75) is 25.3 Å². The molecule has 1 heterocycles. The second kappa shape index (κ2) is 10.7. The average molecular weight is 507 g/mol. The van der Waals surface area contributed by atoms with Crippen molar-refractivity contribution in [1.29, 1.82) is 0 Å². The number of nitroso groups, excluding NO2 is 1. The van der Waals surface area contributed by atoms with Crippen LogP contribution in [0, 0.1) is 23.5 Å². The van der Waals surface area contributed by atoms with Gasteiger partial charge in [-0.25, -0.2) is 13.6 Å². The van der Waals surface area contributed by atoms with Crippen molar-refractivity contribution in [3.63, 3.8) is 0 Å². The maximum absolute atomic E-state index is 15.0. The molecule has 0 saturated carbocycles. The predicted octanol–water partition coefficient (Wildman–Crippen LogP) is 7.72. The number of aromatic nitrogens is 1. The highest BCUT2D eigenvalue weighted by atomic mass is 35.5. The lowest BCUT2D eigenvalue weighted by Gasteiger charge is -2.22. The number of carboxylic acids is 1. The first-order chi connectivity index (χ1) is 17.3. The molecule has 0 bridgehead atoms. The lowest BCUT2D eigenvalue weighted by Crippen LogP contribution is -2.09. The fraction of sp³-hybridized carbons (Fsp3) is 0.143. The molecular weight excluding hydrogens is 486 g/mol. The van der Waals surface area contributed by atoms with Crippen LogP contribution in [0.4, 0.5) is 8.78 Å². The van der Waals surface area contributed by atoms with Crippen LogP contribution in [-0.2, 0) is 0 Å². The topological polar surface area (TPSA) is 79.6 Å². The molecule has 0 aliphatic carbocycles. The van der Waals surface area contributed by atoms with E-state index in [2.05, 4.69) is 10.2 Å². The van der Waals surface area contributed by atoms with Crippen LogP contribution < -0.4 is 0 Å². The molecule has 1 aromatic heterocycles. The van der Waals surface area contributed by atoms with E-state index in [1.807, 2.05) is 6.92 Å². The summed E-state index contributed by atoms with van der Waals surface area (Å²) in [5.74, 6) is -3.21. The number of benzene rings is 3. The van der Waals surface area contributed by atoms with Gasteiger partial charge in [-0.3, -0.25) is 4.98 Å². The Morgan fingerprint density at radius 2 is 1.67 bits per heavy atom. The second-order valence-electron chi connectivity index (χ2n) is 8.43. The van der Waals surface area contributed by atoms with Crippen molar-refractivity contribution in [2.75, 3.05) is 0 Å². The van der Waals surface area contributed by atoms with Gasteiger partial charge in [0.05, 0.1) is 5.56 Å². The highest BCUT2D eigenvalue weighted by Crippen LogP contribution is 2.38. The zero-order valence-corrected chi connectivity index (χ0v) is 19.9. The molecule has 1 N–H and O–H groups in total. The van der Waals surface area contributed by atoms with Gasteiger partial charge in [-0.05, 0) is 77.6 Å². The molecule has 2 unspecified atom stereocenters. The molecule has 0 aliphatic heterocycles. The van der Waals surface area contributed by atoms with Crippen LogP contribution in [-0.4, -0.2) is 16.1 Å². The normalized spacial score (nSPS) is 12.7. The van der Waals surface area contributed by atoms with Gasteiger partial charge < -0.3 is 5.11 Å². The summed E-state index contributed by atoms with van der Waals surface area (Å²) in [6.45, 7) is 1.81. The zero-order chi connectivity index (χ0) is 25.8. The van der Waals surface area contributed by atoms with Gasteiger partial charge in [-0.2, -0.15) is 4.91 Å². The smallest absolute Gasteiger partial charge is 0.338 e. The highest BCUT2D eigenvalue weighted by Gasteiger charge is 2.25. The molecule has 4 rings (SSSR count). The Kier molecular flexibility index (Phi) is 7.50. The Labute approximate surface area is 211 Å². The number of halogens is 3. The Bertz CT molecular complexity index is 1430. The summed E-state index contributed by atoms with van der Waals surface area (Å²) in [5, 5.41) is 12.6. The van der Waals surface area contributed by atoms with Crippen LogP contribution in [0.3, 0.4) is 0 Å². The van der Waals surface area contributed by atoms with Crippen molar-refractivity contribution < 1.29 is 18.7 Å². The maximum Gasteiger partial charge on any atom is 0.338 e. The lowest BCUT2D eigenvalue weighted by molar-refractivity contribution is 0.0692. The standard InChI is InChI=1S/C28H21ClF2N2O3/c1-16-12-20(10-11-32-16)27(33-36)15-24(22-9-7-21(29)14-26(22)31)18-4-2-17(3-5-18)19-6-8-23(28(34)35)25(30)13-19/h2-14,24,27H,15H2,1H3,(H,34,35). The van der Waals surface area contributed by atoms with Gasteiger partial charge in [0.15, 0.2) is 0 Å². The summed E-state index contributed by atoms with van der Waals surface area (Å²) < 4.78 is 29.2. The lowest BCUT2D eigenvalue weighted by atomic mass is 9.83. The first-order valence-electron chi connectivity index (χ1n) is 11.1. The molecule has 5 nitrogen and oxygen atoms in total. The molecule has 0 radical (unpaired) electrons. The molecule has 0 saturated heterocycles. The van der Waals surface area contributed by atoms with Crippen molar-refractivity contribution in [3.05, 3.63) is 129 Å². The molecule has 0 spiro atoms. The maximum atomic E-state index is 15.0. The summed E-state index contributed by atoms with van der Waals surface area (Å²) in [4.78, 5) is 27.1. The van der Waals surface area contributed by atoms with E-state index >= 15 is 4.39 Å². The number of hydrogen-bond acceptors (Lipinski definition) is 4. The predicted molar refractivity (Wildman–Crippen MR) is 134 cm³/mol. The quantitative estimate of drug-likeness (QED) is 0.248. The van der Waals surface area contributed by atoms with E-state index in [1.165, 1.54) is 18.2 Å². The van der Waals surface area contributed by atoms with Crippen molar-refractivity contribution in [2.24, 2.45) is 5.18 Å². The molecule has 0 fully saturated rings. The Morgan fingerprint density at radius 3 is 2.28 bits per heavy atom. The Balaban J connectivity index is 1.72. The van der Waals surface area contributed by atoms with E-state index < -0.39 is 35.1 Å². The molecule has 4 aromatic rings. The Morgan fingerprint density at radius 1 is 0.944 bits per heavy atom. The van der Waals surface area contributed by atoms with Crippen LogP contribution in [0.15, 0.2) is 84.2 Å². The summed E-state index contributed by atoms with van der Waals surface area (Å²) in [7, 11) is 0. The molecule has 0 amide bonds. The molecule has 2 atom stereocenters. The van der Waals surface area contributed by atoms with E-state index in [0.29, 0.717) is 22.3 Å². The molecule has 182 valence electrons. The van der Waals surface area contributed by atoms with Gasteiger partial charge in [-0.1, -0.05) is 53.2 Å². The Hall–Kier alpha value is -3.97. The van der Waals surface area contributed by atoms with Gasteiger partial charge in [0.2, 0.25) is 0 Å². The third-order valence-corrected chi connectivity index (χ3v) is 6.31. The fourth-order valence-electron chi connectivity index (χ4n) is 4.24. The molecule has 8 heteroatoms. The van der Waals surface area contributed by atoms with Gasteiger partial charge in [0, 0.05) is 22.8 Å². The number of aryl methyl sites for hydroxylation is 1. The number of pyridine rings is 1. The molecule has 36 heavy (non-hydrogen) atoms. The highest BCUT2D eigenvalue weighted by molar-refractivity contribution is 6.30. The molecular formula is C28H21ClF2N2O3. The van der Waals surface area contributed by atoms with Gasteiger partial charge in [0.1, 0.15) is 17.7 Å². The third kappa shape index (κ3) is 5.47. The number of rotatable bonds is 8. The van der Waals surface area contributed by atoms with Crippen LogP contribution in [0.25, 0.3) is 11.1 Å². The number of carboxylic acid groups (broad SMARTS) is 1. The number of carbonyl (C=O) groups is 1. The average Bonchev–Trinajstić information content (AvgIpc) is 2.85. The minimum Gasteiger partial charge on any atom is -0.478 e. The third-order valence-electron chi connectivity index (χ3n) is 6.08.